The fourth-order valence-electron chi connectivity index (χ4n) is 4.16. The zero-order valence-corrected chi connectivity index (χ0v) is 20.3. The number of carbonyl (C=O) groups is 1. The fraction of sp³-hybridized carbons (Fsp3) is 0.360. The molecule has 1 fully saturated rings. The maximum atomic E-state index is 12.7. The molecule has 4 rings (SSSR count). The molecule has 0 aliphatic carbocycles. The van der Waals surface area contributed by atoms with E-state index in [1.54, 1.807) is 7.11 Å². The van der Waals surface area contributed by atoms with Crippen LogP contribution in [-0.2, 0) is 6.54 Å². The maximum absolute atomic E-state index is 12.7. The van der Waals surface area contributed by atoms with E-state index < -0.39 is 0 Å². The summed E-state index contributed by atoms with van der Waals surface area (Å²) >= 11 is 4.45. The van der Waals surface area contributed by atoms with Crippen molar-refractivity contribution in [3.05, 3.63) is 59.7 Å². The second-order valence-corrected chi connectivity index (χ2v) is 8.60. The van der Waals surface area contributed by atoms with Gasteiger partial charge in [0.2, 0.25) is 0 Å². The molecule has 1 aliphatic heterocycles. The van der Waals surface area contributed by atoms with Crippen LogP contribution in [0.3, 0.4) is 0 Å². The van der Waals surface area contributed by atoms with Crippen molar-refractivity contribution in [3.8, 4) is 5.75 Å². The molecule has 7 nitrogen and oxygen atoms in total. The van der Waals surface area contributed by atoms with Gasteiger partial charge in [-0.1, -0.05) is 37.9 Å². The summed E-state index contributed by atoms with van der Waals surface area (Å²) in [6.45, 7) is 9.83. The predicted octanol–water partition coefficient (Wildman–Crippen LogP) is 4.25. The molecule has 0 unspecified atom stereocenters. The number of fused-ring (bicyclic) bond motifs is 1. The number of carbonyl (C=O) groups excluding carboxylic acids is 1. The number of piperazine rings is 1. The molecule has 174 valence electrons. The zero-order chi connectivity index (χ0) is 23.4. The number of anilines is 2. The highest BCUT2D eigenvalue weighted by atomic mass is 32.1. The Morgan fingerprint density at radius 3 is 2.64 bits per heavy atom. The minimum absolute atomic E-state index is 0.306. The monoisotopic (exact) mass is 465 g/mol. The van der Waals surface area contributed by atoms with Crippen molar-refractivity contribution in [3.63, 3.8) is 0 Å². The lowest BCUT2D eigenvalue weighted by Gasteiger charge is -2.35. The molecule has 8 heteroatoms. The van der Waals surface area contributed by atoms with Gasteiger partial charge in [0.15, 0.2) is 0 Å². The number of hydrogen-bond donors (Lipinski definition) is 2. The number of likely N-dealkylation sites (N-methyl/N-ethyl adjacent to an activating group) is 1. The zero-order valence-electron chi connectivity index (χ0n) is 19.4. The topological polar surface area (TPSA) is 60.9 Å². The molecule has 2 amide bonds. The number of hydrogen-bond acceptors (Lipinski definition) is 6. The number of aromatic nitrogens is 1. The van der Waals surface area contributed by atoms with Crippen molar-refractivity contribution in [2.24, 2.45) is 0 Å². The molecule has 3 aromatic rings. The molecule has 0 atom stereocenters. The maximum Gasteiger partial charge on any atom is 0.332 e. The number of pyridine rings is 1. The van der Waals surface area contributed by atoms with Crippen molar-refractivity contribution in [1.82, 2.24) is 15.2 Å². The third-order valence-electron chi connectivity index (χ3n) is 6.19. The molecule has 0 bridgehead atoms. The third-order valence-corrected chi connectivity index (χ3v) is 6.60. The number of nitrogens with one attached hydrogen (secondary N) is 1. The second-order valence-electron chi connectivity index (χ2n) is 8.20. The Hall–Kier alpha value is -2.97. The van der Waals surface area contributed by atoms with Crippen LogP contribution >= 0.6 is 12.8 Å². The first kappa shape index (κ1) is 23.2. The highest BCUT2D eigenvalue weighted by molar-refractivity contribution is 7.82. The van der Waals surface area contributed by atoms with Crippen LogP contribution in [0.2, 0.25) is 0 Å². The summed E-state index contributed by atoms with van der Waals surface area (Å²) in [5.41, 5.74) is 3.65. The Morgan fingerprint density at radius 2 is 1.91 bits per heavy atom. The van der Waals surface area contributed by atoms with Crippen molar-refractivity contribution < 1.29 is 9.53 Å². The van der Waals surface area contributed by atoms with E-state index in [4.69, 9.17) is 9.72 Å². The smallest absolute Gasteiger partial charge is 0.332 e. The van der Waals surface area contributed by atoms with Gasteiger partial charge in [-0.15, -0.1) is 0 Å². The average Bonchev–Trinajstić information content (AvgIpc) is 2.86. The SMILES string of the molecule is CCN1CCN(c2cc(C)c3cc(N(S)C(=O)NCc4ccccc4OC)ccc3n2)CC1. The van der Waals surface area contributed by atoms with Gasteiger partial charge in [-0.25, -0.2) is 14.1 Å². The van der Waals surface area contributed by atoms with Gasteiger partial charge in [0.25, 0.3) is 0 Å². The summed E-state index contributed by atoms with van der Waals surface area (Å²) in [5, 5.41) is 3.91. The number of rotatable bonds is 6. The molecule has 2 aromatic carbocycles. The highest BCUT2D eigenvalue weighted by Gasteiger charge is 2.19. The van der Waals surface area contributed by atoms with E-state index in [-0.39, 0.29) is 6.03 Å². The summed E-state index contributed by atoms with van der Waals surface area (Å²) < 4.78 is 6.68. The first-order chi connectivity index (χ1) is 16.0. The molecule has 0 saturated carbocycles. The normalized spacial score (nSPS) is 14.4. The second kappa shape index (κ2) is 10.3. The van der Waals surface area contributed by atoms with Gasteiger partial charge >= 0.3 is 6.03 Å². The van der Waals surface area contributed by atoms with E-state index in [0.29, 0.717) is 12.2 Å². The number of methoxy groups -OCH3 is 1. The van der Waals surface area contributed by atoms with Crippen molar-refractivity contribution in [2.45, 2.75) is 20.4 Å². The molecule has 0 spiro atoms. The molecular formula is C25H31N5O2S. The van der Waals surface area contributed by atoms with Gasteiger partial charge < -0.3 is 19.9 Å². The largest absolute Gasteiger partial charge is 0.496 e. The Morgan fingerprint density at radius 1 is 1.15 bits per heavy atom. The Balaban J connectivity index is 1.48. The molecular weight excluding hydrogens is 434 g/mol. The lowest BCUT2D eigenvalue weighted by atomic mass is 10.1. The van der Waals surface area contributed by atoms with Crippen molar-refractivity contribution in [1.29, 1.82) is 0 Å². The molecule has 1 saturated heterocycles. The van der Waals surface area contributed by atoms with Gasteiger partial charge in [-0.3, -0.25) is 0 Å². The molecule has 1 N–H and O–H groups in total. The summed E-state index contributed by atoms with van der Waals surface area (Å²) in [6, 6.07) is 15.2. The quantitative estimate of drug-likeness (QED) is 0.533. The summed E-state index contributed by atoms with van der Waals surface area (Å²) in [5.74, 6) is 1.75. The van der Waals surface area contributed by atoms with Crippen LogP contribution in [0.5, 0.6) is 5.75 Å². The van der Waals surface area contributed by atoms with E-state index in [1.807, 2.05) is 42.5 Å². The Labute approximate surface area is 200 Å². The standard InChI is InChI=1S/C25H31N5O2S/c1-4-28-11-13-29(14-12-28)24-15-18(2)21-16-20(9-10-22(21)27-24)30(33)25(31)26-17-19-7-5-6-8-23(19)32-3/h5-10,15-16,33H,4,11-14,17H2,1-3H3,(H,26,31). The fourth-order valence-corrected chi connectivity index (χ4v) is 4.36. The Kier molecular flexibility index (Phi) is 7.25. The first-order valence-corrected chi connectivity index (χ1v) is 11.7. The van der Waals surface area contributed by atoms with Crippen LogP contribution < -0.4 is 19.3 Å². The number of para-hydroxylation sites is 1. The molecule has 1 aromatic heterocycles. The van der Waals surface area contributed by atoms with Gasteiger partial charge in [-0.05, 0) is 49.4 Å². The lowest BCUT2D eigenvalue weighted by Crippen LogP contribution is -2.46. The lowest BCUT2D eigenvalue weighted by molar-refractivity contribution is 0.249. The van der Waals surface area contributed by atoms with Crippen molar-refractivity contribution >= 4 is 41.3 Å². The van der Waals surface area contributed by atoms with Crippen LogP contribution in [0.4, 0.5) is 16.3 Å². The number of benzene rings is 2. The van der Waals surface area contributed by atoms with Gasteiger partial charge in [0.05, 0.1) is 18.3 Å². The average molecular weight is 466 g/mol. The van der Waals surface area contributed by atoms with Crippen molar-refractivity contribution in [2.75, 3.05) is 49.0 Å². The van der Waals surface area contributed by atoms with E-state index in [9.17, 15) is 4.79 Å². The van der Waals surface area contributed by atoms with E-state index in [2.05, 4.69) is 47.8 Å². The van der Waals surface area contributed by atoms with Gasteiger partial charge in [-0.2, -0.15) is 0 Å². The van der Waals surface area contributed by atoms with Crippen LogP contribution in [-0.4, -0.2) is 55.7 Å². The molecule has 1 aliphatic rings. The third kappa shape index (κ3) is 5.17. The summed E-state index contributed by atoms with van der Waals surface area (Å²) in [7, 11) is 1.62. The van der Waals surface area contributed by atoms with Crippen LogP contribution in [0.25, 0.3) is 10.9 Å². The molecule has 0 radical (unpaired) electrons. The van der Waals surface area contributed by atoms with E-state index in [0.717, 1.165) is 66.3 Å². The first-order valence-electron chi connectivity index (χ1n) is 11.3. The number of aryl methyl sites for hydroxylation is 1. The number of ether oxygens (including phenoxy) is 1. The minimum atomic E-state index is -0.306. The Bertz CT molecular complexity index is 1130. The number of nitrogens with zero attached hydrogens (tertiary/aromatic N) is 4. The van der Waals surface area contributed by atoms with Gasteiger partial charge in [0.1, 0.15) is 11.6 Å². The van der Waals surface area contributed by atoms with Gasteiger partial charge in [0, 0.05) is 43.7 Å². The number of urea groups is 1. The predicted molar refractivity (Wildman–Crippen MR) is 138 cm³/mol. The summed E-state index contributed by atoms with van der Waals surface area (Å²) in [6.07, 6.45) is 0. The van der Waals surface area contributed by atoms with Crippen LogP contribution in [0.1, 0.15) is 18.1 Å². The van der Waals surface area contributed by atoms with E-state index >= 15 is 0 Å². The number of amides is 2. The van der Waals surface area contributed by atoms with Crippen LogP contribution in [0.15, 0.2) is 48.5 Å². The molecule has 33 heavy (non-hydrogen) atoms. The number of thiol groups is 1. The summed E-state index contributed by atoms with van der Waals surface area (Å²) in [4.78, 5) is 22.4. The molecule has 2 heterocycles. The van der Waals surface area contributed by atoms with E-state index in [1.165, 1.54) is 4.31 Å². The van der Waals surface area contributed by atoms with Crippen LogP contribution in [0, 0.1) is 6.92 Å². The minimum Gasteiger partial charge on any atom is -0.496 e. The highest BCUT2D eigenvalue weighted by Crippen LogP contribution is 2.28.